The summed E-state index contributed by atoms with van der Waals surface area (Å²) in [4.78, 5) is 27.5. The van der Waals surface area contributed by atoms with Crippen LogP contribution in [0.5, 0.6) is 17.2 Å². The fraction of sp³-hybridized carbons (Fsp3) is 0.529. The Hall–Kier alpha value is -2.48. The Kier molecular flexibility index (Phi) is 8.00. The summed E-state index contributed by atoms with van der Waals surface area (Å²) in [5.74, 6) is 0.739. The highest BCUT2D eigenvalue weighted by atomic mass is 16.5. The molecular weight excluding hydrogens is 326 g/mol. The number of nitrogens with zero attached hydrogens (tertiary/aromatic N) is 2. The molecule has 0 aliphatic heterocycles. The first-order chi connectivity index (χ1) is 11.8. The predicted octanol–water partition coefficient (Wildman–Crippen LogP) is 0.743. The number of rotatable bonds is 9. The van der Waals surface area contributed by atoms with Gasteiger partial charge in [-0.15, -0.1) is 0 Å². The second kappa shape index (κ2) is 9.73. The lowest BCUT2D eigenvalue weighted by Crippen LogP contribution is -2.41. The summed E-state index contributed by atoms with van der Waals surface area (Å²) in [5.41, 5.74) is 0.491. The molecule has 0 fully saturated rings. The monoisotopic (exact) mass is 353 g/mol. The number of carbonyl (C=O) groups excluding carboxylic acids is 2. The van der Waals surface area contributed by atoms with Crippen LogP contribution in [-0.4, -0.2) is 71.8 Å². The van der Waals surface area contributed by atoms with Gasteiger partial charge in [0.25, 0.3) is 0 Å². The minimum Gasteiger partial charge on any atom is -0.493 e. The number of benzene rings is 1. The van der Waals surface area contributed by atoms with Gasteiger partial charge >= 0.3 is 0 Å². The van der Waals surface area contributed by atoms with Crippen molar-refractivity contribution in [3.8, 4) is 17.2 Å². The molecule has 0 saturated heterocycles. The lowest BCUT2D eigenvalue weighted by molar-refractivity contribution is -0.123. The van der Waals surface area contributed by atoms with Crippen molar-refractivity contribution in [1.29, 1.82) is 0 Å². The van der Waals surface area contributed by atoms with Gasteiger partial charge in [-0.25, -0.2) is 0 Å². The maximum atomic E-state index is 12.1. The third-order valence-electron chi connectivity index (χ3n) is 3.52. The average Bonchev–Trinajstić information content (AvgIpc) is 2.57. The molecule has 1 N–H and O–H groups in total. The van der Waals surface area contributed by atoms with E-state index in [4.69, 9.17) is 14.2 Å². The molecule has 0 aromatic heterocycles. The first-order valence-corrected chi connectivity index (χ1v) is 7.83. The zero-order valence-electron chi connectivity index (χ0n) is 15.7. The molecule has 0 spiro atoms. The number of ether oxygens (including phenoxy) is 3. The van der Waals surface area contributed by atoms with Crippen LogP contribution < -0.4 is 24.4 Å². The number of methoxy groups -OCH3 is 3. The number of hydrogen-bond acceptors (Lipinski definition) is 6. The molecule has 0 unspecified atom stereocenters. The van der Waals surface area contributed by atoms with E-state index in [1.54, 1.807) is 12.1 Å². The first-order valence-electron chi connectivity index (χ1n) is 7.83. The molecule has 0 aliphatic rings. The van der Waals surface area contributed by atoms with Crippen molar-refractivity contribution in [2.45, 2.75) is 6.92 Å². The number of amides is 2. The molecule has 0 atom stereocenters. The number of hydrogen-bond donors (Lipinski definition) is 1. The predicted molar refractivity (Wildman–Crippen MR) is 95.7 cm³/mol. The highest BCUT2D eigenvalue weighted by Crippen LogP contribution is 2.41. The molecule has 8 nitrogen and oxygen atoms in total. The summed E-state index contributed by atoms with van der Waals surface area (Å²) in [7, 11) is 8.33. The second-order valence-corrected chi connectivity index (χ2v) is 5.64. The lowest BCUT2D eigenvalue weighted by atomic mass is 10.2. The molecule has 1 aromatic rings. The third kappa shape index (κ3) is 5.82. The van der Waals surface area contributed by atoms with Crippen molar-refractivity contribution in [3.63, 3.8) is 0 Å². The molecule has 0 radical (unpaired) electrons. The van der Waals surface area contributed by atoms with Crippen LogP contribution in [0.4, 0.5) is 5.69 Å². The highest BCUT2D eigenvalue weighted by Gasteiger charge is 2.21. The summed E-state index contributed by atoms with van der Waals surface area (Å²) >= 11 is 0. The zero-order chi connectivity index (χ0) is 19.0. The van der Waals surface area contributed by atoms with Gasteiger partial charge in [0.05, 0.1) is 27.0 Å². The minimum absolute atomic E-state index is 0.0958. The Bertz CT molecular complexity index is 579. The highest BCUT2D eigenvalue weighted by molar-refractivity contribution is 5.98. The summed E-state index contributed by atoms with van der Waals surface area (Å²) in [6.45, 7) is 2.53. The molecule has 1 aromatic carbocycles. The molecule has 0 saturated carbocycles. The van der Waals surface area contributed by atoms with Crippen LogP contribution >= 0.6 is 0 Å². The Balaban J connectivity index is 3.02. The topological polar surface area (TPSA) is 80.3 Å². The van der Waals surface area contributed by atoms with Crippen molar-refractivity contribution < 1.29 is 23.8 Å². The van der Waals surface area contributed by atoms with E-state index >= 15 is 0 Å². The van der Waals surface area contributed by atoms with Crippen LogP contribution in [0.1, 0.15) is 6.92 Å². The summed E-state index contributed by atoms with van der Waals surface area (Å²) < 4.78 is 15.9. The number of anilines is 1. The molecule has 140 valence electrons. The smallest absolute Gasteiger partial charge is 0.240 e. The fourth-order valence-corrected chi connectivity index (χ4v) is 2.23. The van der Waals surface area contributed by atoms with E-state index in [9.17, 15) is 9.59 Å². The molecule has 1 rings (SSSR count). The van der Waals surface area contributed by atoms with Crippen molar-refractivity contribution in [2.75, 3.05) is 60.0 Å². The van der Waals surface area contributed by atoms with Crippen LogP contribution in [0.15, 0.2) is 12.1 Å². The van der Waals surface area contributed by atoms with E-state index in [1.807, 2.05) is 19.0 Å². The van der Waals surface area contributed by atoms with Gasteiger partial charge in [0.15, 0.2) is 11.5 Å². The van der Waals surface area contributed by atoms with Crippen LogP contribution in [0.2, 0.25) is 0 Å². The van der Waals surface area contributed by atoms with Crippen molar-refractivity contribution in [1.82, 2.24) is 10.2 Å². The minimum atomic E-state index is -0.267. The van der Waals surface area contributed by atoms with Crippen molar-refractivity contribution in [3.05, 3.63) is 12.1 Å². The molecule has 25 heavy (non-hydrogen) atoms. The van der Waals surface area contributed by atoms with Gasteiger partial charge in [-0.1, -0.05) is 0 Å². The SMILES string of the molecule is COc1cc(N(CC(=O)NCCN(C)C)C(C)=O)cc(OC)c1OC. The van der Waals surface area contributed by atoms with Crippen LogP contribution in [0, 0.1) is 0 Å². The first kappa shape index (κ1) is 20.6. The lowest BCUT2D eigenvalue weighted by Gasteiger charge is -2.23. The molecule has 8 heteroatoms. The average molecular weight is 353 g/mol. The molecule has 0 bridgehead atoms. The normalized spacial score (nSPS) is 10.4. The maximum absolute atomic E-state index is 12.1. The second-order valence-electron chi connectivity index (χ2n) is 5.64. The standard InChI is InChI=1S/C17H27N3O5/c1-12(21)20(11-16(22)18-7-8-19(2)3)13-9-14(23-4)17(25-6)15(10-13)24-5/h9-10H,7-8,11H2,1-6H3,(H,18,22). The third-order valence-corrected chi connectivity index (χ3v) is 3.52. The van der Waals surface area contributed by atoms with Gasteiger partial charge in [-0.05, 0) is 14.1 Å². The maximum Gasteiger partial charge on any atom is 0.240 e. The Morgan fingerprint density at radius 3 is 2.00 bits per heavy atom. The quantitative estimate of drug-likeness (QED) is 0.705. The number of carbonyl (C=O) groups is 2. The van der Waals surface area contributed by atoms with Gasteiger partial charge in [0, 0.05) is 32.1 Å². The van der Waals surface area contributed by atoms with Gasteiger partial charge in [0.2, 0.25) is 17.6 Å². The van der Waals surface area contributed by atoms with E-state index in [2.05, 4.69) is 5.32 Å². The van der Waals surface area contributed by atoms with E-state index in [0.29, 0.717) is 29.5 Å². The molecular formula is C17H27N3O5. The van der Waals surface area contributed by atoms with E-state index in [0.717, 1.165) is 6.54 Å². The Labute approximate surface area is 148 Å². The Morgan fingerprint density at radius 1 is 1.04 bits per heavy atom. The molecule has 2 amide bonds. The number of likely N-dealkylation sites (N-methyl/N-ethyl adjacent to an activating group) is 1. The fourth-order valence-electron chi connectivity index (χ4n) is 2.23. The van der Waals surface area contributed by atoms with Gasteiger partial charge in [-0.3, -0.25) is 9.59 Å². The van der Waals surface area contributed by atoms with Crippen LogP contribution in [0.25, 0.3) is 0 Å². The van der Waals surface area contributed by atoms with Gasteiger partial charge < -0.3 is 29.3 Å². The summed E-state index contributed by atoms with van der Waals surface area (Å²) in [6, 6.07) is 3.27. The molecule has 0 heterocycles. The van der Waals surface area contributed by atoms with E-state index < -0.39 is 0 Å². The largest absolute Gasteiger partial charge is 0.493 e. The summed E-state index contributed by atoms with van der Waals surface area (Å²) in [5, 5.41) is 2.79. The van der Waals surface area contributed by atoms with E-state index in [-0.39, 0.29) is 18.4 Å². The molecule has 0 aliphatic carbocycles. The summed E-state index contributed by atoms with van der Waals surface area (Å²) in [6.07, 6.45) is 0. The van der Waals surface area contributed by atoms with E-state index in [1.165, 1.54) is 33.2 Å². The van der Waals surface area contributed by atoms with Crippen molar-refractivity contribution >= 4 is 17.5 Å². The van der Waals surface area contributed by atoms with Gasteiger partial charge in [0.1, 0.15) is 6.54 Å². The van der Waals surface area contributed by atoms with Crippen LogP contribution in [-0.2, 0) is 9.59 Å². The Morgan fingerprint density at radius 2 is 1.60 bits per heavy atom. The van der Waals surface area contributed by atoms with Crippen LogP contribution in [0.3, 0.4) is 0 Å². The zero-order valence-corrected chi connectivity index (χ0v) is 15.7. The van der Waals surface area contributed by atoms with Crippen molar-refractivity contribution in [2.24, 2.45) is 0 Å². The van der Waals surface area contributed by atoms with Gasteiger partial charge in [-0.2, -0.15) is 0 Å². The number of nitrogens with one attached hydrogen (secondary N) is 1.